The van der Waals surface area contributed by atoms with Crippen molar-refractivity contribution in [1.82, 2.24) is 14.9 Å². The van der Waals surface area contributed by atoms with Crippen LogP contribution in [-0.4, -0.2) is 33.7 Å². The molecule has 0 atom stereocenters. The first-order valence-corrected chi connectivity index (χ1v) is 10.1. The molecule has 2 heterocycles. The van der Waals surface area contributed by atoms with E-state index < -0.39 is 0 Å². The fourth-order valence-electron chi connectivity index (χ4n) is 3.12. The van der Waals surface area contributed by atoms with Crippen molar-refractivity contribution in [3.63, 3.8) is 0 Å². The molecule has 1 aliphatic heterocycles. The van der Waals surface area contributed by atoms with Gasteiger partial charge in [0.15, 0.2) is 5.82 Å². The Balaban J connectivity index is 1.47. The number of rotatable bonds is 3. The van der Waals surface area contributed by atoms with Gasteiger partial charge in [-0.05, 0) is 24.5 Å². The molecule has 0 aliphatic carbocycles. The molecule has 6 heteroatoms. The fourth-order valence-corrected chi connectivity index (χ4v) is 3.58. The maximum Gasteiger partial charge on any atom is 0.322 e. The Morgan fingerprint density at radius 3 is 2.81 bits per heavy atom. The molecule has 2 aromatic carbocycles. The number of anilines is 1. The van der Waals surface area contributed by atoms with Crippen molar-refractivity contribution in [3.8, 4) is 11.4 Å². The van der Waals surface area contributed by atoms with Crippen LogP contribution in [0.25, 0.3) is 11.4 Å². The highest BCUT2D eigenvalue weighted by Gasteiger charge is 2.22. The van der Waals surface area contributed by atoms with Crippen LogP contribution in [0.2, 0.25) is 0 Å². The predicted molar refractivity (Wildman–Crippen MR) is 109 cm³/mol. The molecular formula is C21H20N4OS. The number of benzene rings is 2. The van der Waals surface area contributed by atoms with Crippen LogP contribution in [0.3, 0.4) is 0 Å². The van der Waals surface area contributed by atoms with Gasteiger partial charge in [0.25, 0.3) is 0 Å². The zero-order chi connectivity index (χ0) is 18.6. The van der Waals surface area contributed by atoms with Crippen LogP contribution in [0.15, 0.2) is 65.7 Å². The first kappa shape index (κ1) is 17.5. The number of amides is 2. The minimum absolute atomic E-state index is 0.0916. The van der Waals surface area contributed by atoms with E-state index in [0.29, 0.717) is 13.1 Å². The number of carbonyl (C=O) groups excluding carboxylic acids is 1. The average Bonchev–Trinajstić information content (AvgIpc) is 2.73. The van der Waals surface area contributed by atoms with E-state index in [-0.39, 0.29) is 6.03 Å². The summed E-state index contributed by atoms with van der Waals surface area (Å²) < 4.78 is 0. The van der Waals surface area contributed by atoms with Crippen molar-refractivity contribution in [2.24, 2.45) is 0 Å². The lowest BCUT2D eigenvalue weighted by molar-refractivity contribution is 0.206. The molecular weight excluding hydrogens is 356 g/mol. The van der Waals surface area contributed by atoms with Gasteiger partial charge in [-0.15, -0.1) is 11.8 Å². The van der Waals surface area contributed by atoms with Gasteiger partial charge in [-0.1, -0.05) is 36.4 Å². The van der Waals surface area contributed by atoms with E-state index in [1.165, 1.54) is 0 Å². The standard InChI is InChI=1S/C21H20N4OS/c1-27-18-9-5-8-17(12-18)23-21(26)25-11-10-19-16(14-25)13-22-20(24-19)15-6-3-2-4-7-15/h2-9,12-13H,10-11,14H2,1H3,(H,23,26). The maximum atomic E-state index is 12.6. The van der Waals surface area contributed by atoms with Crippen molar-refractivity contribution < 1.29 is 4.79 Å². The number of aromatic nitrogens is 2. The number of carbonyl (C=O) groups is 1. The third kappa shape index (κ3) is 3.95. The van der Waals surface area contributed by atoms with E-state index in [9.17, 15) is 4.79 Å². The summed E-state index contributed by atoms with van der Waals surface area (Å²) in [6.07, 6.45) is 4.60. The first-order chi connectivity index (χ1) is 13.2. The molecule has 4 rings (SSSR count). The lowest BCUT2D eigenvalue weighted by Gasteiger charge is -2.28. The van der Waals surface area contributed by atoms with E-state index in [4.69, 9.17) is 4.98 Å². The molecule has 1 aromatic heterocycles. The third-order valence-electron chi connectivity index (χ3n) is 4.57. The lowest BCUT2D eigenvalue weighted by Crippen LogP contribution is -2.39. The molecule has 0 fully saturated rings. The van der Waals surface area contributed by atoms with Crippen LogP contribution >= 0.6 is 11.8 Å². The van der Waals surface area contributed by atoms with Crippen LogP contribution in [0.4, 0.5) is 10.5 Å². The number of nitrogens with one attached hydrogen (secondary N) is 1. The van der Waals surface area contributed by atoms with Crippen LogP contribution in [0.5, 0.6) is 0 Å². The zero-order valence-corrected chi connectivity index (χ0v) is 15.9. The quantitative estimate of drug-likeness (QED) is 0.686. The summed E-state index contributed by atoms with van der Waals surface area (Å²) in [5.41, 5.74) is 3.86. The molecule has 0 saturated carbocycles. The Morgan fingerprint density at radius 2 is 2.00 bits per heavy atom. The van der Waals surface area contributed by atoms with Crippen LogP contribution in [0, 0.1) is 0 Å². The Hall–Kier alpha value is -2.86. The van der Waals surface area contributed by atoms with Gasteiger partial charge in [0, 0.05) is 40.9 Å². The van der Waals surface area contributed by atoms with Crippen LogP contribution < -0.4 is 5.32 Å². The summed E-state index contributed by atoms with van der Waals surface area (Å²) in [6, 6.07) is 17.7. The van der Waals surface area contributed by atoms with Crippen molar-refractivity contribution >= 4 is 23.5 Å². The summed E-state index contributed by atoms with van der Waals surface area (Å²) in [7, 11) is 0. The Labute approximate surface area is 162 Å². The summed E-state index contributed by atoms with van der Waals surface area (Å²) >= 11 is 1.65. The molecule has 136 valence electrons. The molecule has 3 aromatic rings. The number of fused-ring (bicyclic) bond motifs is 1. The van der Waals surface area contributed by atoms with Crippen LogP contribution in [0.1, 0.15) is 11.3 Å². The van der Waals surface area contributed by atoms with Crippen molar-refractivity contribution in [2.75, 3.05) is 18.1 Å². The monoisotopic (exact) mass is 376 g/mol. The minimum atomic E-state index is -0.0916. The van der Waals surface area contributed by atoms with Gasteiger partial charge in [-0.2, -0.15) is 0 Å². The van der Waals surface area contributed by atoms with E-state index in [0.717, 1.165) is 39.6 Å². The lowest BCUT2D eigenvalue weighted by atomic mass is 10.1. The third-order valence-corrected chi connectivity index (χ3v) is 5.30. The number of hydrogen-bond acceptors (Lipinski definition) is 4. The van der Waals surface area contributed by atoms with Crippen molar-refractivity contribution in [1.29, 1.82) is 0 Å². The van der Waals surface area contributed by atoms with Gasteiger partial charge in [0.2, 0.25) is 0 Å². The number of thioether (sulfide) groups is 1. The summed E-state index contributed by atoms with van der Waals surface area (Å²) in [5.74, 6) is 0.737. The maximum absolute atomic E-state index is 12.6. The molecule has 0 spiro atoms. The summed E-state index contributed by atoms with van der Waals surface area (Å²) in [6.45, 7) is 1.17. The minimum Gasteiger partial charge on any atom is -0.320 e. The Kier molecular flexibility index (Phi) is 5.07. The number of hydrogen-bond donors (Lipinski definition) is 1. The van der Waals surface area contributed by atoms with Gasteiger partial charge < -0.3 is 10.2 Å². The van der Waals surface area contributed by atoms with Gasteiger partial charge in [-0.25, -0.2) is 14.8 Å². The van der Waals surface area contributed by atoms with E-state index in [1.807, 2.05) is 67.0 Å². The smallest absolute Gasteiger partial charge is 0.320 e. The highest BCUT2D eigenvalue weighted by atomic mass is 32.2. The SMILES string of the molecule is CSc1cccc(NC(=O)N2CCc3nc(-c4ccccc4)ncc3C2)c1. The number of urea groups is 1. The highest BCUT2D eigenvalue weighted by molar-refractivity contribution is 7.98. The topological polar surface area (TPSA) is 58.1 Å². The first-order valence-electron chi connectivity index (χ1n) is 8.83. The molecule has 1 N–H and O–H groups in total. The van der Waals surface area contributed by atoms with Gasteiger partial charge in [0.1, 0.15) is 0 Å². The highest BCUT2D eigenvalue weighted by Crippen LogP contribution is 2.23. The predicted octanol–water partition coefficient (Wildman–Crippen LogP) is 4.46. The van der Waals surface area contributed by atoms with Gasteiger partial charge >= 0.3 is 6.03 Å². The Morgan fingerprint density at radius 1 is 1.15 bits per heavy atom. The van der Waals surface area contributed by atoms with Crippen LogP contribution in [-0.2, 0) is 13.0 Å². The molecule has 1 aliphatic rings. The normalized spacial score (nSPS) is 13.1. The zero-order valence-electron chi connectivity index (χ0n) is 15.1. The molecule has 0 radical (unpaired) electrons. The average molecular weight is 376 g/mol. The summed E-state index contributed by atoms with van der Waals surface area (Å²) in [5, 5.41) is 2.99. The van der Waals surface area contributed by atoms with Gasteiger partial charge in [0.05, 0.1) is 12.2 Å². The van der Waals surface area contributed by atoms with E-state index in [1.54, 1.807) is 16.7 Å². The second kappa shape index (κ2) is 7.80. The molecule has 0 unspecified atom stereocenters. The van der Waals surface area contributed by atoms with Gasteiger partial charge in [-0.3, -0.25) is 0 Å². The molecule has 0 saturated heterocycles. The molecule has 27 heavy (non-hydrogen) atoms. The van der Waals surface area contributed by atoms with Crippen molar-refractivity contribution in [2.45, 2.75) is 17.9 Å². The summed E-state index contributed by atoms with van der Waals surface area (Å²) in [4.78, 5) is 24.8. The number of nitrogens with zero attached hydrogens (tertiary/aromatic N) is 3. The largest absolute Gasteiger partial charge is 0.322 e. The molecule has 0 bridgehead atoms. The second-order valence-corrected chi connectivity index (χ2v) is 7.24. The van der Waals surface area contributed by atoms with Crippen molar-refractivity contribution in [3.05, 3.63) is 72.1 Å². The molecule has 5 nitrogen and oxygen atoms in total. The Bertz CT molecular complexity index is 961. The molecule has 2 amide bonds. The van der Waals surface area contributed by atoms with E-state index >= 15 is 0 Å². The fraction of sp³-hybridized carbons (Fsp3) is 0.190. The van der Waals surface area contributed by atoms with E-state index in [2.05, 4.69) is 10.3 Å². The second-order valence-electron chi connectivity index (χ2n) is 6.37.